The Labute approximate surface area is 200 Å². The van der Waals surface area contributed by atoms with E-state index in [4.69, 9.17) is 19.7 Å². The van der Waals surface area contributed by atoms with Crippen molar-refractivity contribution < 1.29 is 14.0 Å². The molecule has 0 aliphatic heterocycles. The summed E-state index contributed by atoms with van der Waals surface area (Å²) in [5.74, 6) is 2.11. The standard InChI is InChI=1S/C28H29N3O3/c1-21-27(30-28(34-21)24-11-6-3-7-12-24)20-32-25-16-14-22(15-17-25)19-33-31-26(13-8-18-29)23-9-4-2-5-10-23/h2-7,9-12,14-17H,8,13,18-20,29H2,1H3. The molecular weight excluding hydrogens is 426 g/mol. The molecule has 1 aromatic heterocycles. The maximum atomic E-state index is 5.92. The van der Waals surface area contributed by atoms with Crippen molar-refractivity contribution in [3.63, 3.8) is 0 Å². The van der Waals surface area contributed by atoms with E-state index in [9.17, 15) is 0 Å². The third kappa shape index (κ3) is 6.33. The normalized spacial score (nSPS) is 11.4. The van der Waals surface area contributed by atoms with Crippen LogP contribution in [0, 0.1) is 6.92 Å². The third-order valence-corrected chi connectivity index (χ3v) is 5.34. The first-order chi connectivity index (χ1) is 16.7. The van der Waals surface area contributed by atoms with Gasteiger partial charge in [0.25, 0.3) is 0 Å². The minimum atomic E-state index is 0.337. The summed E-state index contributed by atoms with van der Waals surface area (Å²) in [5, 5.41) is 4.37. The number of oxime groups is 1. The number of hydrogen-bond acceptors (Lipinski definition) is 6. The molecule has 0 aliphatic rings. The van der Waals surface area contributed by atoms with Crippen LogP contribution in [0.15, 0.2) is 94.5 Å². The highest BCUT2D eigenvalue weighted by Crippen LogP contribution is 2.23. The van der Waals surface area contributed by atoms with Crippen LogP contribution in [0.4, 0.5) is 0 Å². The molecule has 0 spiro atoms. The van der Waals surface area contributed by atoms with Gasteiger partial charge in [0.1, 0.15) is 30.4 Å². The zero-order valence-corrected chi connectivity index (χ0v) is 19.3. The second-order valence-electron chi connectivity index (χ2n) is 7.89. The van der Waals surface area contributed by atoms with Crippen molar-refractivity contribution in [2.75, 3.05) is 6.54 Å². The number of nitrogens with two attached hydrogens (primary N) is 1. The zero-order chi connectivity index (χ0) is 23.6. The average Bonchev–Trinajstić information content (AvgIpc) is 3.27. The van der Waals surface area contributed by atoms with E-state index in [0.29, 0.717) is 25.6 Å². The Hall–Kier alpha value is -3.90. The number of aromatic nitrogens is 1. The van der Waals surface area contributed by atoms with Gasteiger partial charge in [-0.15, -0.1) is 0 Å². The highest BCUT2D eigenvalue weighted by atomic mass is 16.6. The fourth-order valence-corrected chi connectivity index (χ4v) is 3.43. The van der Waals surface area contributed by atoms with Crippen LogP contribution in [0.5, 0.6) is 5.75 Å². The topological polar surface area (TPSA) is 82.9 Å². The minimum Gasteiger partial charge on any atom is -0.487 e. The number of benzene rings is 3. The lowest BCUT2D eigenvalue weighted by Crippen LogP contribution is -2.07. The second-order valence-corrected chi connectivity index (χ2v) is 7.89. The highest BCUT2D eigenvalue weighted by Gasteiger charge is 2.12. The SMILES string of the molecule is Cc1oc(-c2ccccc2)nc1COc1ccc(CON=C(CCCN)c2ccccc2)cc1. The number of hydrogen-bond donors (Lipinski definition) is 1. The molecule has 0 saturated carbocycles. The average molecular weight is 456 g/mol. The van der Waals surface area contributed by atoms with E-state index < -0.39 is 0 Å². The summed E-state index contributed by atoms with van der Waals surface area (Å²) in [4.78, 5) is 10.2. The molecule has 0 radical (unpaired) electrons. The number of oxazole rings is 1. The molecule has 3 aromatic carbocycles. The first-order valence-electron chi connectivity index (χ1n) is 11.4. The van der Waals surface area contributed by atoms with Crippen LogP contribution < -0.4 is 10.5 Å². The maximum Gasteiger partial charge on any atom is 0.226 e. The Bertz CT molecular complexity index is 1190. The molecule has 0 atom stereocenters. The Morgan fingerprint density at radius 3 is 2.32 bits per heavy atom. The van der Waals surface area contributed by atoms with Crippen molar-refractivity contribution in [2.45, 2.75) is 33.0 Å². The lowest BCUT2D eigenvalue weighted by atomic mass is 10.1. The number of ether oxygens (including phenoxy) is 1. The van der Waals surface area contributed by atoms with Gasteiger partial charge in [-0.1, -0.05) is 65.8 Å². The van der Waals surface area contributed by atoms with Crippen molar-refractivity contribution in [1.82, 2.24) is 4.98 Å². The van der Waals surface area contributed by atoms with Crippen molar-refractivity contribution in [1.29, 1.82) is 0 Å². The molecule has 1 heterocycles. The molecule has 0 unspecified atom stereocenters. The summed E-state index contributed by atoms with van der Waals surface area (Å²) in [6, 6.07) is 27.7. The molecule has 6 heteroatoms. The van der Waals surface area contributed by atoms with E-state index in [2.05, 4.69) is 10.1 Å². The summed E-state index contributed by atoms with van der Waals surface area (Å²) < 4.78 is 11.7. The molecule has 174 valence electrons. The van der Waals surface area contributed by atoms with Crippen LogP contribution in [0.1, 0.15) is 35.4 Å². The van der Waals surface area contributed by atoms with Crippen LogP contribution >= 0.6 is 0 Å². The van der Waals surface area contributed by atoms with Gasteiger partial charge in [-0.25, -0.2) is 4.98 Å². The van der Waals surface area contributed by atoms with Crippen molar-refractivity contribution >= 4 is 5.71 Å². The fraction of sp³-hybridized carbons (Fsp3) is 0.214. The molecule has 0 bridgehead atoms. The van der Waals surface area contributed by atoms with E-state index in [-0.39, 0.29) is 0 Å². The van der Waals surface area contributed by atoms with Gasteiger partial charge in [-0.2, -0.15) is 0 Å². The van der Waals surface area contributed by atoms with Gasteiger partial charge in [0, 0.05) is 5.56 Å². The van der Waals surface area contributed by atoms with Gasteiger partial charge in [-0.05, 0) is 61.7 Å². The summed E-state index contributed by atoms with van der Waals surface area (Å²) in [6.45, 7) is 3.23. The van der Waals surface area contributed by atoms with Crippen molar-refractivity contribution in [2.24, 2.45) is 10.9 Å². The molecule has 6 nitrogen and oxygen atoms in total. The molecule has 2 N–H and O–H groups in total. The van der Waals surface area contributed by atoms with Gasteiger partial charge >= 0.3 is 0 Å². The molecule has 0 saturated heterocycles. The number of rotatable bonds is 11. The van der Waals surface area contributed by atoms with E-state index in [1.54, 1.807) is 0 Å². The van der Waals surface area contributed by atoms with Gasteiger partial charge in [-0.3, -0.25) is 0 Å². The predicted octanol–water partition coefficient (Wildman–Crippen LogP) is 5.89. The summed E-state index contributed by atoms with van der Waals surface area (Å²) >= 11 is 0. The van der Waals surface area contributed by atoms with Crippen LogP contribution in [0.3, 0.4) is 0 Å². The lowest BCUT2D eigenvalue weighted by molar-refractivity contribution is 0.130. The van der Waals surface area contributed by atoms with Crippen molar-refractivity contribution in [3.05, 3.63) is 108 Å². The van der Waals surface area contributed by atoms with Gasteiger partial charge < -0.3 is 19.7 Å². The van der Waals surface area contributed by atoms with Gasteiger partial charge in [0.2, 0.25) is 5.89 Å². The van der Waals surface area contributed by atoms with E-state index in [0.717, 1.165) is 52.4 Å². The summed E-state index contributed by atoms with van der Waals surface area (Å²) in [6.07, 6.45) is 1.64. The molecule has 4 rings (SSSR count). The Balaban J connectivity index is 1.32. The van der Waals surface area contributed by atoms with Crippen LogP contribution in [-0.2, 0) is 18.1 Å². The molecule has 34 heavy (non-hydrogen) atoms. The molecular formula is C28H29N3O3. The first kappa shape index (κ1) is 23.3. The van der Waals surface area contributed by atoms with Gasteiger partial charge in [0.15, 0.2) is 0 Å². The van der Waals surface area contributed by atoms with Crippen LogP contribution in [-0.4, -0.2) is 17.2 Å². The van der Waals surface area contributed by atoms with E-state index in [1.807, 2.05) is 91.9 Å². The van der Waals surface area contributed by atoms with Crippen molar-refractivity contribution in [3.8, 4) is 17.2 Å². The molecule has 0 fully saturated rings. The summed E-state index contributed by atoms with van der Waals surface area (Å²) in [5.41, 5.74) is 10.4. The predicted molar refractivity (Wildman–Crippen MR) is 134 cm³/mol. The van der Waals surface area contributed by atoms with Crippen LogP contribution in [0.25, 0.3) is 11.5 Å². The summed E-state index contributed by atoms with van der Waals surface area (Å²) in [7, 11) is 0. The van der Waals surface area contributed by atoms with Crippen LogP contribution in [0.2, 0.25) is 0 Å². The second kappa shape index (κ2) is 11.8. The zero-order valence-electron chi connectivity index (χ0n) is 19.3. The highest BCUT2D eigenvalue weighted by molar-refractivity contribution is 6.00. The maximum absolute atomic E-state index is 5.92. The number of aryl methyl sites for hydroxylation is 1. The van der Waals surface area contributed by atoms with E-state index >= 15 is 0 Å². The molecule has 0 amide bonds. The monoisotopic (exact) mass is 455 g/mol. The quantitative estimate of drug-likeness (QED) is 0.225. The third-order valence-electron chi connectivity index (χ3n) is 5.34. The van der Waals surface area contributed by atoms with Gasteiger partial charge in [0.05, 0.1) is 5.71 Å². The smallest absolute Gasteiger partial charge is 0.226 e. The Kier molecular flexibility index (Phi) is 8.08. The first-order valence-corrected chi connectivity index (χ1v) is 11.4. The largest absolute Gasteiger partial charge is 0.487 e. The Morgan fingerprint density at radius 2 is 1.62 bits per heavy atom. The molecule has 0 aliphatic carbocycles. The number of nitrogens with zero attached hydrogens (tertiary/aromatic N) is 2. The Morgan fingerprint density at radius 1 is 0.912 bits per heavy atom. The minimum absolute atomic E-state index is 0.337. The van der Waals surface area contributed by atoms with E-state index in [1.165, 1.54) is 0 Å². The lowest BCUT2D eigenvalue weighted by Gasteiger charge is -2.08. The molecule has 4 aromatic rings. The fourth-order valence-electron chi connectivity index (χ4n) is 3.43.